The van der Waals surface area contributed by atoms with Crippen molar-refractivity contribution in [3.8, 4) is 22.6 Å². The summed E-state index contributed by atoms with van der Waals surface area (Å²) in [5.74, 6) is 3.72. The summed E-state index contributed by atoms with van der Waals surface area (Å²) in [4.78, 5) is 18.1. The molecular weight excluding hydrogens is 695 g/mol. The van der Waals surface area contributed by atoms with Crippen LogP contribution in [0.2, 0.25) is 0 Å². The Balaban J connectivity index is 0.882. The Morgan fingerprint density at radius 1 is 0.741 bits per heavy atom. The number of nitrogens with one attached hydrogen (secondary N) is 2. The van der Waals surface area contributed by atoms with Gasteiger partial charge in [-0.3, -0.25) is 0 Å². The summed E-state index contributed by atoms with van der Waals surface area (Å²) in [7, 11) is 0. The molecule has 2 amide bonds. The van der Waals surface area contributed by atoms with Crippen LogP contribution in [-0.4, -0.2) is 33.5 Å². The molecule has 54 heavy (non-hydrogen) atoms. The fourth-order valence-electron chi connectivity index (χ4n) is 9.65. The number of aliphatic hydroxyl groups is 1. The van der Waals surface area contributed by atoms with E-state index in [0.717, 1.165) is 81.9 Å². The Kier molecular flexibility index (Phi) is 10.1. The number of nitrogens with zero attached hydrogens (tertiary/aromatic N) is 1. The minimum Gasteiger partial charge on any atom is -0.431 e. The van der Waals surface area contributed by atoms with Crippen LogP contribution in [0.15, 0.2) is 119 Å². The van der Waals surface area contributed by atoms with Crippen LogP contribution in [0, 0.1) is 17.8 Å². The lowest BCUT2D eigenvalue weighted by Gasteiger charge is -2.56. The molecule has 1 aromatic heterocycles. The number of amides is 2. The zero-order valence-electron chi connectivity index (χ0n) is 30.4. The highest BCUT2D eigenvalue weighted by Crippen LogP contribution is 2.55. The third kappa shape index (κ3) is 7.73. The summed E-state index contributed by atoms with van der Waals surface area (Å²) in [5.41, 5.74) is 6.62. The van der Waals surface area contributed by atoms with Gasteiger partial charge in [-0.05, 0) is 73.0 Å². The van der Waals surface area contributed by atoms with Crippen LogP contribution in [0.4, 0.5) is 4.79 Å². The molecule has 5 fully saturated rings. The molecule has 4 saturated carbocycles. The van der Waals surface area contributed by atoms with Crippen molar-refractivity contribution in [3.63, 3.8) is 0 Å². The number of carbonyl (C=O) groups excluding carboxylic acids is 1. The van der Waals surface area contributed by atoms with Gasteiger partial charge in [-0.1, -0.05) is 121 Å². The summed E-state index contributed by atoms with van der Waals surface area (Å²) < 4.78 is 19.7. The highest BCUT2D eigenvalue weighted by molar-refractivity contribution is 7.99. The van der Waals surface area contributed by atoms with E-state index in [2.05, 4.69) is 22.8 Å². The van der Waals surface area contributed by atoms with E-state index < -0.39 is 6.29 Å². The quantitative estimate of drug-likeness (QED) is 0.116. The highest BCUT2D eigenvalue weighted by Gasteiger charge is 2.51. The molecule has 0 spiro atoms. The molecular formula is C45H47N3O5S. The van der Waals surface area contributed by atoms with Crippen molar-refractivity contribution in [2.75, 3.05) is 5.75 Å². The number of rotatable bonds is 11. The van der Waals surface area contributed by atoms with Gasteiger partial charge in [-0.25, -0.2) is 9.78 Å². The third-order valence-corrected chi connectivity index (χ3v) is 12.8. The number of ether oxygens (including phenoxy) is 2. The zero-order valence-corrected chi connectivity index (χ0v) is 31.2. The van der Waals surface area contributed by atoms with E-state index in [9.17, 15) is 9.90 Å². The van der Waals surface area contributed by atoms with Crippen LogP contribution in [0.5, 0.6) is 0 Å². The number of thioether (sulfide) groups is 1. The summed E-state index contributed by atoms with van der Waals surface area (Å²) in [5, 5.41) is 16.8. The van der Waals surface area contributed by atoms with Gasteiger partial charge in [0.1, 0.15) is 5.69 Å². The highest BCUT2D eigenvalue weighted by atomic mass is 32.2. The Morgan fingerprint density at radius 3 is 2.00 bits per heavy atom. The molecule has 1 aliphatic heterocycles. The van der Waals surface area contributed by atoms with E-state index in [1.54, 1.807) is 11.8 Å². The van der Waals surface area contributed by atoms with Crippen LogP contribution < -0.4 is 10.6 Å². The molecule has 5 aromatic rings. The SMILES string of the molecule is O=C(NCc1ccc([C@@H]2O[C@H](CSc3nc(-c4ccccc4)c(-c4ccccc4)o3)C[C@H](c3ccc(CO)cc3)O2)cc1)NC12CC3CC(CC(C3)C1)C2. The lowest BCUT2D eigenvalue weighted by molar-refractivity contribution is -0.245. The van der Waals surface area contributed by atoms with Gasteiger partial charge in [-0.2, -0.15) is 0 Å². The van der Waals surface area contributed by atoms with Gasteiger partial charge in [0, 0.05) is 40.9 Å². The molecule has 0 unspecified atom stereocenters. The summed E-state index contributed by atoms with van der Waals surface area (Å²) in [6.45, 7) is 0.448. The molecule has 10 rings (SSSR count). The molecule has 2 heterocycles. The molecule has 0 radical (unpaired) electrons. The van der Waals surface area contributed by atoms with Gasteiger partial charge in [0.15, 0.2) is 12.1 Å². The number of carbonyl (C=O) groups is 1. The number of benzene rings is 4. The van der Waals surface area contributed by atoms with Crippen LogP contribution in [-0.2, 0) is 22.6 Å². The molecule has 4 bridgehead atoms. The Hall–Kier alpha value is -4.41. The van der Waals surface area contributed by atoms with Crippen molar-refractivity contribution in [2.45, 2.75) is 87.4 Å². The zero-order chi connectivity index (χ0) is 36.5. The van der Waals surface area contributed by atoms with Gasteiger partial charge < -0.3 is 29.6 Å². The van der Waals surface area contributed by atoms with Gasteiger partial charge in [-0.15, -0.1) is 0 Å². The fraction of sp³-hybridized carbons (Fsp3) is 0.378. The second-order valence-corrected chi connectivity index (χ2v) is 16.8. The molecule has 3 atom stereocenters. The minimum atomic E-state index is -0.586. The number of urea groups is 1. The molecule has 1 saturated heterocycles. The molecule has 278 valence electrons. The van der Waals surface area contributed by atoms with Gasteiger partial charge in [0.05, 0.1) is 18.8 Å². The lowest BCUT2D eigenvalue weighted by Crippen LogP contribution is -2.61. The van der Waals surface area contributed by atoms with Crippen molar-refractivity contribution < 1.29 is 23.8 Å². The van der Waals surface area contributed by atoms with Crippen LogP contribution in [0.3, 0.4) is 0 Å². The third-order valence-electron chi connectivity index (χ3n) is 11.8. The number of hydrogen-bond donors (Lipinski definition) is 3. The predicted molar refractivity (Wildman–Crippen MR) is 209 cm³/mol. The smallest absolute Gasteiger partial charge is 0.315 e. The number of aliphatic hydroxyl groups excluding tert-OH is 1. The van der Waals surface area contributed by atoms with Crippen LogP contribution in [0.1, 0.15) is 79.6 Å². The summed E-state index contributed by atoms with van der Waals surface area (Å²) in [6, 6.07) is 36.2. The van der Waals surface area contributed by atoms with Crippen LogP contribution in [0.25, 0.3) is 22.6 Å². The van der Waals surface area contributed by atoms with Crippen molar-refractivity contribution in [2.24, 2.45) is 17.8 Å². The predicted octanol–water partition coefficient (Wildman–Crippen LogP) is 9.61. The Labute approximate surface area is 321 Å². The fourth-order valence-corrected chi connectivity index (χ4v) is 10.5. The first kappa shape index (κ1) is 35.3. The average Bonchev–Trinajstić information content (AvgIpc) is 3.64. The van der Waals surface area contributed by atoms with E-state index in [1.165, 1.54) is 19.3 Å². The van der Waals surface area contributed by atoms with E-state index in [4.69, 9.17) is 18.9 Å². The normalized spacial score (nSPS) is 27.1. The Morgan fingerprint density at radius 2 is 1.35 bits per heavy atom. The summed E-state index contributed by atoms with van der Waals surface area (Å²) >= 11 is 1.55. The maximum Gasteiger partial charge on any atom is 0.315 e. The van der Waals surface area contributed by atoms with Gasteiger partial charge >= 0.3 is 6.03 Å². The summed E-state index contributed by atoms with van der Waals surface area (Å²) in [6.07, 6.45) is 7.17. The standard InChI is InChI=1S/C45H47N3O5S/c49-27-30-13-15-34(16-14-30)39-22-38(28-54-44-47-40(35-7-3-1-4-8-35)41(53-44)36-9-5-2-6-10-36)51-42(52-39)37-17-11-29(12-18-37)26-46-43(50)48-45-23-31-19-32(24-45)21-33(20-31)25-45/h1-18,31-33,38-39,42,49H,19-28H2,(H2,46,48,50)/t31?,32?,33?,38-,39+,42+,45?/m0/s1. The number of hydrogen-bond acceptors (Lipinski definition) is 7. The number of oxazole rings is 1. The molecule has 8 nitrogen and oxygen atoms in total. The monoisotopic (exact) mass is 741 g/mol. The molecule has 4 aliphatic carbocycles. The van der Waals surface area contributed by atoms with E-state index in [-0.39, 0.29) is 30.4 Å². The molecule has 9 heteroatoms. The minimum absolute atomic E-state index is 0.00593. The van der Waals surface area contributed by atoms with Crippen molar-refractivity contribution in [3.05, 3.63) is 131 Å². The van der Waals surface area contributed by atoms with Crippen molar-refractivity contribution >= 4 is 17.8 Å². The second-order valence-electron chi connectivity index (χ2n) is 15.8. The largest absolute Gasteiger partial charge is 0.431 e. The lowest BCUT2D eigenvalue weighted by atomic mass is 9.53. The first-order chi connectivity index (χ1) is 26.5. The second kappa shape index (κ2) is 15.4. The van der Waals surface area contributed by atoms with Gasteiger partial charge in [0.2, 0.25) is 0 Å². The first-order valence-corrected chi connectivity index (χ1v) is 20.4. The molecule has 5 aliphatic rings. The molecule has 4 aromatic carbocycles. The van der Waals surface area contributed by atoms with Crippen molar-refractivity contribution in [1.29, 1.82) is 0 Å². The van der Waals surface area contributed by atoms with Crippen LogP contribution >= 0.6 is 11.8 Å². The topological polar surface area (TPSA) is 106 Å². The molecule has 3 N–H and O–H groups in total. The van der Waals surface area contributed by atoms with Gasteiger partial charge in [0.25, 0.3) is 5.22 Å². The van der Waals surface area contributed by atoms with Crippen molar-refractivity contribution in [1.82, 2.24) is 15.6 Å². The number of aromatic nitrogens is 1. The first-order valence-electron chi connectivity index (χ1n) is 19.4. The maximum atomic E-state index is 13.1. The van der Waals surface area contributed by atoms with E-state index in [1.807, 2.05) is 97.1 Å². The van der Waals surface area contributed by atoms with E-state index in [0.29, 0.717) is 23.9 Å². The maximum absolute atomic E-state index is 13.1. The van der Waals surface area contributed by atoms with E-state index >= 15 is 0 Å². The average molecular weight is 742 g/mol. The Bertz CT molecular complexity index is 1940.